The Morgan fingerprint density at radius 3 is 2.71 bits per heavy atom. The summed E-state index contributed by atoms with van der Waals surface area (Å²) in [6, 6.07) is 18.0. The highest BCUT2D eigenvalue weighted by Crippen LogP contribution is 2.28. The van der Waals surface area contributed by atoms with Crippen molar-refractivity contribution in [1.29, 1.82) is 0 Å². The summed E-state index contributed by atoms with van der Waals surface area (Å²) in [5.41, 5.74) is 3.15. The number of hydrogen-bond acceptors (Lipinski definition) is 5. The first kappa shape index (κ1) is 25.4. The molecule has 1 aliphatic rings. The van der Waals surface area contributed by atoms with Crippen LogP contribution >= 0.6 is 11.6 Å². The average molecular weight is 495 g/mol. The molecule has 35 heavy (non-hydrogen) atoms. The maximum Gasteiger partial charge on any atom is 0.226 e. The number of aryl methyl sites for hydroxylation is 1. The molecule has 1 saturated heterocycles. The second-order valence-electron chi connectivity index (χ2n) is 9.42. The van der Waals surface area contributed by atoms with Crippen molar-refractivity contribution in [3.63, 3.8) is 0 Å². The van der Waals surface area contributed by atoms with Gasteiger partial charge in [0.05, 0.1) is 5.69 Å². The fourth-order valence-corrected chi connectivity index (χ4v) is 4.77. The maximum atomic E-state index is 13.1. The van der Waals surface area contributed by atoms with Crippen LogP contribution in [0, 0.1) is 18.8 Å². The van der Waals surface area contributed by atoms with Crippen molar-refractivity contribution in [3.05, 3.63) is 76.6 Å². The minimum atomic E-state index is -0.0269. The van der Waals surface area contributed by atoms with Crippen molar-refractivity contribution in [1.82, 2.24) is 20.5 Å². The third kappa shape index (κ3) is 7.17. The summed E-state index contributed by atoms with van der Waals surface area (Å²) in [5.74, 6) is 1.70. The normalized spacial score (nSPS) is 18.1. The molecule has 3 aromatic rings. The molecule has 1 amide bonds. The average Bonchev–Trinajstić information content (AvgIpc) is 3.24. The van der Waals surface area contributed by atoms with Crippen molar-refractivity contribution >= 4 is 17.5 Å². The highest BCUT2D eigenvalue weighted by atomic mass is 35.5. The molecule has 2 heterocycles. The van der Waals surface area contributed by atoms with Gasteiger partial charge in [0.2, 0.25) is 11.8 Å². The van der Waals surface area contributed by atoms with Crippen LogP contribution in [0.3, 0.4) is 0 Å². The van der Waals surface area contributed by atoms with Crippen LogP contribution in [-0.4, -0.2) is 55.6 Å². The molecule has 1 aliphatic heterocycles. The highest BCUT2D eigenvalue weighted by Gasteiger charge is 2.32. The van der Waals surface area contributed by atoms with Gasteiger partial charge in [0.25, 0.3) is 0 Å². The van der Waals surface area contributed by atoms with Gasteiger partial charge in [-0.2, -0.15) is 0 Å². The first-order valence-corrected chi connectivity index (χ1v) is 12.8. The van der Waals surface area contributed by atoms with E-state index < -0.39 is 0 Å². The van der Waals surface area contributed by atoms with Gasteiger partial charge in [0, 0.05) is 36.1 Å². The van der Waals surface area contributed by atoms with Gasteiger partial charge in [-0.25, -0.2) is 4.98 Å². The number of aromatic nitrogens is 1. The van der Waals surface area contributed by atoms with Crippen LogP contribution in [-0.2, 0) is 17.6 Å². The number of amides is 1. The molecule has 6 nitrogen and oxygen atoms in total. The number of likely N-dealkylation sites (N-methyl/N-ethyl adjacent to an activating group) is 1. The minimum Gasteiger partial charge on any atom is -0.441 e. The molecule has 1 aromatic heterocycles. The third-order valence-electron chi connectivity index (χ3n) is 6.80. The number of piperidine rings is 1. The Kier molecular flexibility index (Phi) is 8.96. The van der Waals surface area contributed by atoms with E-state index in [0.717, 1.165) is 56.0 Å². The van der Waals surface area contributed by atoms with Gasteiger partial charge in [0.15, 0.2) is 0 Å². The van der Waals surface area contributed by atoms with E-state index in [2.05, 4.69) is 46.8 Å². The molecule has 1 fully saturated rings. The smallest absolute Gasteiger partial charge is 0.226 e. The molecular weight excluding hydrogens is 460 g/mol. The number of carbonyl (C=O) groups is 1. The molecular formula is C28H35ClN4O2. The van der Waals surface area contributed by atoms with Crippen LogP contribution in [0.15, 0.2) is 59.0 Å². The maximum absolute atomic E-state index is 13.1. The molecule has 0 saturated carbocycles. The number of benzene rings is 2. The van der Waals surface area contributed by atoms with E-state index >= 15 is 0 Å². The fourth-order valence-electron chi connectivity index (χ4n) is 4.64. The summed E-state index contributed by atoms with van der Waals surface area (Å²) in [6.45, 7) is 6.07. The molecule has 2 N–H and O–H groups in total. The topological polar surface area (TPSA) is 70.4 Å². The number of halogens is 1. The van der Waals surface area contributed by atoms with Crippen molar-refractivity contribution < 1.29 is 9.21 Å². The van der Waals surface area contributed by atoms with Crippen molar-refractivity contribution in [2.75, 3.05) is 39.8 Å². The first-order chi connectivity index (χ1) is 17.0. The van der Waals surface area contributed by atoms with Crippen molar-refractivity contribution in [3.8, 4) is 11.5 Å². The van der Waals surface area contributed by atoms with Gasteiger partial charge in [-0.3, -0.25) is 4.79 Å². The van der Waals surface area contributed by atoms with Crippen LogP contribution in [0.25, 0.3) is 11.5 Å². The Morgan fingerprint density at radius 2 is 1.94 bits per heavy atom. The predicted octanol–water partition coefficient (Wildman–Crippen LogP) is 4.36. The minimum absolute atomic E-state index is 0.0269. The molecule has 2 unspecified atom stereocenters. The van der Waals surface area contributed by atoms with E-state index in [-0.39, 0.29) is 17.7 Å². The van der Waals surface area contributed by atoms with E-state index in [1.54, 1.807) is 0 Å². The molecule has 0 bridgehead atoms. The molecule has 186 valence electrons. The lowest BCUT2D eigenvalue weighted by Gasteiger charge is -2.31. The van der Waals surface area contributed by atoms with Crippen LogP contribution in [0.4, 0.5) is 0 Å². The Bertz CT molecular complexity index is 1080. The van der Waals surface area contributed by atoms with Gasteiger partial charge in [-0.15, -0.1) is 0 Å². The first-order valence-electron chi connectivity index (χ1n) is 12.4. The zero-order valence-corrected chi connectivity index (χ0v) is 21.4. The summed E-state index contributed by atoms with van der Waals surface area (Å²) in [4.78, 5) is 20.1. The number of rotatable bonds is 10. The second-order valence-corrected chi connectivity index (χ2v) is 9.86. The van der Waals surface area contributed by atoms with Gasteiger partial charge in [0.1, 0.15) is 5.76 Å². The van der Waals surface area contributed by atoms with Crippen LogP contribution in [0.5, 0.6) is 0 Å². The number of nitrogens with zero attached hydrogens (tertiary/aromatic N) is 2. The predicted molar refractivity (Wildman–Crippen MR) is 141 cm³/mol. The second kappa shape index (κ2) is 12.3. The van der Waals surface area contributed by atoms with Crippen LogP contribution in [0.2, 0.25) is 5.02 Å². The Hall–Kier alpha value is -2.67. The van der Waals surface area contributed by atoms with Gasteiger partial charge in [-0.05, 0) is 82.1 Å². The number of nitrogens with one attached hydrogen (secondary N) is 2. The molecule has 4 rings (SSSR count). The SMILES string of the molecule is Cc1oc(-c2ccc(Cl)cc2)nc1CC1CNCCC1C(=O)NCCN(C)CCc1ccccc1. The zero-order valence-electron chi connectivity index (χ0n) is 20.6. The van der Waals surface area contributed by atoms with E-state index in [1.165, 1.54) is 5.56 Å². The standard InChI is InChI=1S/C28H35ClN4O2/c1-20-26(32-28(35-20)22-8-10-24(29)11-9-22)18-23-19-30-14-12-25(23)27(34)31-15-17-33(2)16-13-21-6-4-3-5-7-21/h3-11,23,25,30H,12-19H2,1-2H3,(H,31,34). The lowest BCUT2D eigenvalue weighted by atomic mass is 9.82. The van der Waals surface area contributed by atoms with Gasteiger partial charge < -0.3 is 20.0 Å². The molecule has 0 radical (unpaired) electrons. The van der Waals surface area contributed by atoms with E-state index in [1.807, 2.05) is 37.3 Å². The van der Waals surface area contributed by atoms with Crippen LogP contribution in [0.1, 0.15) is 23.4 Å². The summed E-state index contributed by atoms with van der Waals surface area (Å²) >= 11 is 6.01. The zero-order chi connectivity index (χ0) is 24.6. The Labute approximate surface area is 213 Å². The third-order valence-corrected chi connectivity index (χ3v) is 7.05. The lowest BCUT2D eigenvalue weighted by molar-refractivity contribution is -0.127. The largest absolute Gasteiger partial charge is 0.441 e. The molecule has 2 aromatic carbocycles. The molecule has 0 aliphatic carbocycles. The quantitative estimate of drug-likeness (QED) is 0.438. The number of carbonyl (C=O) groups excluding carboxylic acids is 1. The highest BCUT2D eigenvalue weighted by molar-refractivity contribution is 6.30. The summed E-state index contributed by atoms with van der Waals surface area (Å²) < 4.78 is 5.94. The van der Waals surface area contributed by atoms with Crippen molar-refractivity contribution in [2.45, 2.75) is 26.2 Å². The summed E-state index contributed by atoms with van der Waals surface area (Å²) in [7, 11) is 2.11. The van der Waals surface area contributed by atoms with E-state index in [9.17, 15) is 4.79 Å². The van der Waals surface area contributed by atoms with E-state index in [4.69, 9.17) is 21.0 Å². The van der Waals surface area contributed by atoms with Gasteiger partial charge in [-0.1, -0.05) is 41.9 Å². The van der Waals surface area contributed by atoms with Crippen molar-refractivity contribution in [2.24, 2.45) is 11.8 Å². The summed E-state index contributed by atoms with van der Waals surface area (Å²) in [5, 5.41) is 7.32. The summed E-state index contributed by atoms with van der Waals surface area (Å²) in [6.07, 6.45) is 2.56. The van der Waals surface area contributed by atoms with Crippen LogP contribution < -0.4 is 10.6 Å². The number of hydrogen-bond donors (Lipinski definition) is 2. The Morgan fingerprint density at radius 1 is 1.17 bits per heavy atom. The lowest BCUT2D eigenvalue weighted by Crippen LogP contribution is -2.46. The molecule has 7 heteroatoms. The number of oxazole rings is 1. The fraction of sp³-hybridized carbons (Fsp3) is 0.429. The Balaban J connectivity index is 1.29. The monoisotopic (exact) mass is 494 g/mol. The molecule has 0 spiro atoms. The van der Waals surface area contributed by atoms with Gasteiger partial charge >= 0.3 is 0 Å². The van der Waals surface area contributed by atoms with E-state index in [0.29, 0.717) is 23.9 Å². The molecule has 2 atom stereocenters.